The maximum atomic E-state index is 12.9. The van der Waals surface area contributed by atoms with Crippen molar-refractivity contribution in [2.75, 3.05) is 13.1 Å². The molecule has 3 rings (SSSR count). The molecule has 1 aromatic carbocycles. The normalized spacial score (nSPS) is 23.3. The zero-order chi connectivity index (χ0) is 17.3. The number of amides is 4. The van der Waals surface area contributed by atoms with Gasteiger partial charge in [-0.1, -0.05) is 24.3 Å². The third-order valence-corrected chi connectivity index (χ3v) is 4.65. The van der Waals surface area contributed by atoms with Crippen LogP contribution >= 0.6 is 0 Å². The number of urea groups is 1. The number of imide groups is 1. The number of nitrogens with zero attached hydrogens (tertiary/aromatic N) is 1. The molecule has 1 saturated heterocycles. The monoisotopic (exact) mass is 330 g/mol. The van der Waals surface area contributed by atoms with Crippen LogP contribution in [-0.2, 0) is 21.5 Å². The van der Waals surface area contributed by atoms with E-state index in [0.29, 0.717) is 19.4 Å². The molecule has 2 aliphatic rings. The molecule has 0 saturated carbocycles. The van der Waals surface area contributed by atoms with Crippen molar-refractivity contribution in [1.82, 2.24) is 15.5 Å². The van der Waals surface area contributed by atoms with Crippen molar-refractivity contribution in [3.8, 4) is 0 Å². The van der Waals surface area contributed by atoms with Crippen LogP contribution in [0.5, 0.6) is 0 Å². The number of hydrogen-bond donors (Lipinski definition) is 3. The third kappa shape index (κ3) is 2.75. The molecule has 4 amide bonds. The standard InChI is InChI=1S/C17H22N4O3/c1-11(18)7-9-19-14(22)10-21-15(23)17(20-16(21)24)8-6-12-4-2-3-5-13(12)17/h2-5,11H,6-10,18H2,1H3,(H,19,22)(H,20,24). The van der Waals surface area contributed by atoms with Crippen molar-refractivity contribution in [2.24, 2.45) is 5.73 Å². The number of rotatable bonds is 5. The van der Waals surface area contributed by atoms with Gasteiger partial charge in [0.15, 0.2) is 0 Å². The fourth-order valence-electron chi connectivity index (χ4n) is 3.37. The second kappa shape index (κ2) is 6.24. The Bertz CT molecular complexity index is 688. The van der Waals surface area contributed by atoms with Gasteiger partial charge in [-0.15, -0.1) is 0 Å². The number of nitrogens with two attached hydrogens (primary N) is 1. The Kier molecular flexibility index (Phi) is 4.28. The molecule has 1 aromatic rings. The zero-order valence-electron chi connectivity index (χ0n) is 13.7. The van der Waals surface area contributed by atoms with E-state index in [0.717, 1.165) is 22.4 Å². The molecule has 1 aliphatic heterocycles. The Morgan fingerprint density at radius 2 is 2.17 bits per heavy atom. The molecule has 0 bridgehead atoms. The molecule has 2 unspecified atom stereocenters. The van der Waals surface area contributed by atoms with Gasteiger partial charge in [0.2, 0.25) is 5.91 Å². The molecule has 0 aromatic heterocycles. The molecule has 0 radical (unpaired) electrons. The smallest absolute Gasteiger partial charge is 0.325 e. The number of benzene rings is 1. The minimum Gasteiger partial charge on any atom is -0.354 e. The molecular weight excluding hydrogens is 308 g/mol. The van der Waals surface area contributed by atoms with Crippen molar-refractivity contribution >= 4 is 17.8 Å². The number of carbonyl (C=O) groups excluding carboxylic acids is 3. The van der Waals surface area contributed by atoms with Gasteiger partial charge in [0, 0.05) is 12.6 Å². The Morgan fingerprint density at radius 1 is 1.42 bits per heavy atom. The average molecular weight is 330 g/mol. The van der Waals surface area contributed by atoms with E-state index in [1.54, 1.807) is 0 Å². The number of nitrogens with one attached hydrogen (secondary N) is 2. The van der Waals surface area contributed by atoms with E-state index in [2.05, 4.69) is 10.6 Å². The van der Waals surface area contributed by atoms with Crippen LogP contribution in [0.25, 0.3) is 0 Å². The van der Waals surface area contributed by atoms with Crippen LogP contribution in [0.4, 0.5) is 4.79 Å². The van der Waals surface area contributed by atoms with Crippen LogP contribution in [0.3, 0.4) is 0 Å². The quantitative estimate of drug-likeness (QED) is 0.672. The first-order chi connectivity index (χ1) is 11.4. The Morgan fingerprint density at radius 3 is 2.92 bits per heavy atom. The van der Waals surface area contributed by atoms with Crippen molar-refractivity contribution < 1.29 is 14.4 Å². The maximum absolute atomic E-state index is 12.9. The molecule has 24 heavy (non-hydrogen) atoms. The summed E-state index contributed by atoms with van der Waals surface area (Å²) in [6.45, 7) is 2.01. The Hall–Kier alpha value is -2.41. The van der Waals surface area contributed by atoms with Crippen LogP contribution in [0, 0.1) is 0 Å². The molecule has 1 spiro atoms. The van der Waals surface area contributed by atoms with Crippen LogP contribution in [0.15, 0.2) is 24.3 Å². The number of hydrogen-bond acceptors (Lipinski definition) is 4. The lowest BCUT2D eigenvalue weighted by molar-refractivity contribution is -0.135. The van der Waals surface area contributed by atoms with Crippen molar-refractivity contribution in [3.05, 3.63) is 35.4 Å². The highest BCUT2D eigenvalue weighted by Gasteiger charge is 2.55. The van der Waals surface area contributed by atoms with Gasteiger partial charge in [-0.25, -0.2) is 4.79 Å². The molecule has 4 N–H and O–H groups in total. The molecule has 1 fully saturated rings. The van der Waals surface area contributed by atoms with Crippen LogP contribution < -0.4 is 16.4 Å². The van der Waals surface area contributed by atoms with Crippen molar-refractivity contribution in [2.45, 2.75) is 37.8 Å². The summed E-state index contributed by atoms with van der Waals surface area (Å²) in [6, 6.07) is 7.08. The van der Waals surface area contributed by atoms with Gasteiger partial charge in [-0.3, -0.25) is 14.5 Å². The first kappa shape index (κ1) is 16.4. The summed E-state index contributed by atoms with van der Waals surface area (Å²) in [6.07, 6.45) is 1.90. The summed E-state index contributed by atoms with van der Waals surface area (Å²) in [5.41, 5.74) is 6.52. The summed E-state index contributed by atoms with van der Waals surface area (Å²) >= 11 is 0. The highest BCUT2D eigenvalue weighted by molar-refractivity contribution is 6.09. The fraction of sp³-hybridized carbons (Fsp3) is 0.471. The highest BCUT2D eigenvalue weighted by atomic mass is 16.2. The summed E-state index contributed by atoms with van der Waals surface area (Å²) in [7, 11) is 0. The van der Waals surface area contributed by atoms with Gasteiger partial charge in [0.05, 0.1) is 0 Å². The van der Waals surface area contributed by atoms with Crippen molar-refractivity contribution in [1.29, 1.82) is 0 Å². The largest absolute Gasteiger partial charge is 0.354 e. The first-order valence-electron chi connectivity index (χ1n) is 8.19. The summed E-state index contributed by atoms with van der Waals surface area (Å²) in [5.74, 6) is -0.706. The molecule has 2 atom stereocenters. The van der Waals surface area contributed by atoms with Gasteiger partial charge in [-0.05, 0) is 37.3 Å². The Labute approximate surface area is 140 Å². The van der Waals surface area contributed by atoms with E-state index in [-0.39, 0.29) is 24.4 Å². The van der Waals surface area contributed by atoms with Gasteiger partial charge in [0.25, 0.3) is 5.91 Å². The lowest BCUT2D eigenvalue weighted by atomic mass is 9.92. The van der Waals surface area contributed by atoms with Gasteiger partial charge < -0.3 is 16.4 Å². The molecular formula is C17H22N4O3. The third-order valence-electron chi connectivity index (χ3n) is 4.65. The lowest BCUT2D eigenvalue weighted by Gasteiger charge is -2.22. The first-order valence-corrected chi connectivity index (χ1v) is 8.19. The second-order valence-electron chi connectivity index (χ2n) is 6.50. The zero-order valence-corrected chi connectivity index (χ0v) is 13.7. The van der Waals surface area contributed by atoms with Gasteiger partial charge in [-0.2, -0.15) is 0 Å². The second-order valence-corrected chi connectivity index (χ2v) is 6.50. The SMILES string of the molecule is CC(N)CCNC(=O)CN1C(=O)NC2(CCc3ccccc32)C1=O. The summed E-state index contributed by atoms with van der Waals surface area (Å²) in [5, 5.41) is 5.49. The molecule has 1 aliphatic carbocycles. The Balaban J connectivity index is 1.71. The number of fused-ring (bicyclic) bond motifs is 2. The van der Waals surface area contributed by atoms with Crippen molar-refractivity contribution in [3.63, 3.8) is 0 Å². The molecule has 7 heteroatoms. The number of carbonyl (C=O) groups is 3. The fourth-order valence-corrected chi connectivity index (χ4v) is 3.37. The number of aryl methyl sites for hydroxylation is 1. The van der Waals surface area contributed by atoms with E-state index in [1.807, 2.05) is 31.2 Å². The topological polar surface area (TPSA) is 105 Å². The molecule has 1 heterocycles. The summed E-state index contributed by atoms with van der Waals surface area (Å²) < 4.78 is 0. The van der Waals surface area contributed by atoms with E-state index in [9.17, 15) is 14.4 Å². The highest BCUT2D eigenvalue weighted by Crippen LogP contribution is 2.41. The average Bonchev–Trinajstić information content (AvgIpc) is 3.02. The van der Waals surface area contributed by atoms with E-state index in [4.69, 9.17) is 5.73 Å². The van der Waals surface area contributed by atoms with E-state index < -0.39 is 11.6 Å². The minimum atomic E-state index is -1.01. The van der Waals surface area contributed by atoms with Crippen LogP contribution in [0.1, 0.15) is 30.9 Å². The maximum Gasteiger partial charge on any atom is 0.325 e. The predicted molar refractivity (Wildman–Crippen MR) is 88.0 cm³/mol. The lowest BCUT2D eigenvalue weighted by Crippen LogP contribution is -2.44. The van der Waals surface area contributed by atoms with E-state index >= 15 is 0 Å². The predicted octanol–water partition coefficient (Wildman–Crippen LogP) is 0.233. The molecule has 7 nitrogen and oxygen atoms in total. The van der Waals surface area contributed by atoms with Crippen LogP contribution in [0.2, 0.25) is 0 Å². The van der Waals surface area contributed by atoms with Gasteiger partial charge >= 0.3 is 6.03 Å². The van der Waals surface area contributed by atoms with E-state index in [1.165, 1.54) is 0 Å². The minimum absolute atomic E-state index is 0.0136. The summed E-state index contributed by atoms with van der Waals surface area (Å²) in [4.78, 5) is 38.1. The molecule has 128 valence electrons. The van der Waals surface area contributed by atoms with Gasteiger partial charge in [0.1, 0.15) is 12.1 Å². The van der Waals surface area contributed by atoms with Crippen LogP contribution in [-0.4, -0.2) is 41.9 Å².